The highest BCUT2D eigenvalue weighted by Gasteiger charge is 2.61. The molecule has 1 unspecified atom stereocenters. The molecule has 0 spiro atoms. The van der Waals surface area contributed by atoms with Gasteiger partial charge < -0.3 is 125 Å². The van der Waals surface area contributed by atoms with Crippen LogP contribution < -0.4 is 10.6 Å². The van der Waals surface area contributed by atoms with Crippen molar-refractivity contribution in [2.24, 2.45) is 5.92 Å². The maximum absolute atomic E-state index is 13.6. The molecule has 4 rings (SSSR count). The second kappa shape index (κ2) is 50.5. The van der Waals surface area contributed by atoms with E-state index in [2.05, 4.69) is 24.5 Å². The van der Waals surface area contributed by atoms with Crippen LogP contribution in [0.4, 0.5) is 0 Å². The number of allylic oxidation sites excluding steroid dienone is 1. The number of unbranched alkanes of at least 4 members (excludes halogenated alkanes) is 30. The molecule has 0 aromatic carbocycles. The smallest absolute Gasteiger partial charge is 0.364 e. The van der Waals surface area contributed by atoms with E-state index in [1.54, 1.807) is 6.08 Å². The summed E-state index contributed by atoms with van der Waals surface area (Å²) in [5, 5.41) is 161. The van der Waals surface area contributed by atoms with Gasteiger partial charge in [-0.15, -0.1) is 0 Å². The van der Waals surface area contributed by atoms with Crippen molar-refractivity contribution >= 4 is 23.6 Å². The lowest BCUT2D eigenvalue weighted by Crippen LogP contribution is -2.71. The SMILES string of the molecule is CCCCCCCCCCCCC/C=C/[C@@H](O)[C@H](CO[C@@H]1O[C@H](CO)[C@@H](O[C@@H]2O[C@H](CO)[C@H](O[C@@H]3O[C@H](CO)[C@H](O)[C@H](O)[C@H]3CC(C)=O)[C@H](O[C@]3(C(=O)O)C[C@H](O)[C@@H](NC(C)=O)C([C@H](O)[C@H](O)CO)O3)[C@H]2O)[C@H](O)[C@H]1O)NC(=O)CCCCCCCCCCCCCCCCCCCCCC. The summed E-state index contributed by atoms with van der Waals surface area (Å²) in [6.45, 7) is 1.94. The van der Waals surface area contributed by atoms with Gasteiger partial charge in [0.25, 0.3) is 5.79 Å². The first kappa shape index (κ1) is 90.4. The van der Waals surface area contributed by atoms with E-state index < -0.39 is 204 Å². The van der Waals surface area contributed by atoms with Crippen molar-refractivity contribution in [1.29, 1.82) is 0 Å². The minimum absolute atomic E-state index is 0.165. The normalized spacial score (nSPS) is 31.4. The van der Waals surface area contributed by atoms with Gasteiger partial charge in [-0.1, -0.05) is 212 Å². The topological polar surface area (TPSA) is 449 Å². The largest absolute Gasteiger partial charge is 0.477 e. The van der Waals surface area contributed by atoms with E-state index in [4.69, 9.17) is 37.9 Å². The molecule has 4 saturated heterocycles. The molecule has 0 aliphatic carbocycles. The summed E-state index contributed by atoms with van der Waals surface area (Å²) in [4.78, 5) is 52.1. The maximum Gasteiger partial charge on any atom is 0.364 e. The molecule has 23 atom stereocenters. The number of carboxylic acid groups (broad SMARTS) is 1. The molecule has 28 nitrogen and oxygen atoms in total. The number of rotatable bonds is 55. The third-order valence-electron chi connectivity index (χ3n) is 20.0. The molecule has 4 heterocycles. The van der Waals surface area contributed by atoms with E-state index in [9.17, 15) is 90.7 Å². The van der Waals surface area contributed by atoms with Gasteiger partial charge in [0.2, 0.25) is 11.8 Å². The molecule has 28 heteroatoms. The molecule has 4 fully saturated rings. The summed E-state index contributed by atoms with van der Waals surface area (Å²) >= 11 is 0. The highest BCUT2D eigenvalue weighted by Crippen LogP contribution is 2.41. The van der Waals surface area contributed by atoms with E-state index in [0.717, 1.165) is 65.2 Å². The molecule has 16 N–H and O–H groups in total. The van der Waals surface area contributed by atoms with Crippen molar-refractivity contribution in [1.82, 2.24) is 10.6 Å². The van der Waals surface area contributed by atoms with Crippen LogP contribution in [-0.4, -0.2) is 262 Å². The molecular formula is C73H132N2O26. The first-order valence-corrected chi connectivity index (χ1v) is 38.3. The van der Waals surface area contributed by atoms with Gasteiger partial charge in [0, 0.05) is 32.1 Å². The second-order valence-electron chi connectivity index (χ2n) is 28.6. The number of aliphatic carboxylic acids is 1. The van der Waals surface area contributed by atoms with Crippen molar-refractivity contribution in [2.45, 2.75) is 387 Å². The molecule has 0 saturated carbocycles. The number of aliphatic hydroxyl groups excluding tert-OH is 13. The van der Waals surface area contributed by atoms with Crippen LogP contribution in [0, 0.1) is 5.92 Å². The van der Waals surface area contributed by atoms with Crippen LogP contribution in [0.25, 0.3) is 0 Å². The Morgan fingerprint density at radius 2 is 1.01 bits per heavy atom. The van der Waals surface area contributed by atoms with Gasteiger partial charge in [-0.25, -0.2) is 4.79 Å². The second-order valence-corrected chi connectivity index (χ2v) is 28.6. The highest BCUT2D eigenvalue weighted by atomic mass is 16.8. The Kier molecular flexibility index (Phi) is 45.2. The monoisotopic (exact) mass is 1450 g/mol. The van der Waals surface area contributed by atoms with Crippen molar-refractivity contribution in [3.8, 4) is 0 Å². The van der Waals surface area contributed by atoms with Gasteiger partial charge in [-0.2, -0.15) is 0 Å². The molecule has 590 valence electrons. The highest BCUT2D eigenvalue weighted by molar-refractivity contribution is 5.77. The van der Waals surface area contributed by atoms with Gasteiger partial charge in [0.15, 0.2) is 18.9 Å². The lowest BCUT2D eigenvalue weighted by atomic mass is 9.87. The number of carbonyl (C=O) groups is 4. The summed E-state index contributed by atoms with van der Waals surface area (Å²) in [5.74, 6) is -8.55. The standard InChI is InChI=1S/C73H132N2O26/c1-5-7-9-11-13-15-17-19-20-21-22-23-24-25-27-29-31-33-35-37-39-57(85)75-50(51(82)38-36-34-32-30-28-26-18-16-14-12-10-8-6-2)46-94-70-63(90)62(89)65(55(44-78)96-70)98-71-64(91)68(66(56(45-79)97-71)99-69-49(40-47(3)80)59(86)61(88)54(43-77)95-69)101-73(72(92)93)41-52(83)58(74-48(4)81)67(100-73)60(87)53(84)42-76/h36,38,49-56,58-71,76-79,82-84,86-91H,5-35,37,39-46H2,1-4H3,(H,74,81)(H,75,85)(H,92,93)/b38-36+/t49-,50+,51-,52+,53-,54-,55-,56-,58-,59-,60-,61+,62-,63-,64-,65-,66+,67?,68-,69+,70-,71+,73+/m1/s1. The van der Waals surface area contributed by atoms with Crippen LogP contribution in [0.15, 0.2) is 12.2 Å². The summed E-state index contributed by atoms with van der Waals surface area (Å²) in [6.07, 6.45) is 2.38. The molecule has 0 aromatic heterocycles. The molecule has 0 aromatic rings. The maximum atomic E-state index is 13.6. The predicted molar refractivity (Wildman–Crippen MR) is 370 cm³/mol. The minimum atomic E-state index is -3.26. The number of hydrogen-bond acceptors (Lipinski definition) is 25. The lowest BCUT2D eigenvalue weighted by molar-refractivity contribution is -0.403. The van der Waals surface area contributed by atoms with Crippen LogP contribution >= 0.6 is 0 Å². The quantitative estimate of drug-likeness (QED) is 0.0300. The van der Waals surface area contributed by atoms with Crippen molar-refractivity contribution in [3.63, 3.8) is 0 Å². The lowest BCUT2D eigenvalue weighted by Gasteiger charge is -2.52. The molecule has 0 bridgehead atoms. The third-order valence-corrected chi connectivity index (χ3v) is 20.0. The number of nitrogens with one attached hydrogen (secondary N) is 2. The van der Waals surface area contributed by atoms with E-state index in [1.165, 1.54) is 141 Å². The first-order valence-electron chi connectivity index (χ1n) is 38.3. The first-order chi connectivity index (χ1) is 48.5. The van der Waals surface area contributed by atoms with Gasteiger partial charge in [-0.3, -0.25) is 9.59 Å². The molecular weight excluding hydrogens is 1320 g/mol. The van der Waals surface area contributed by atoms with Crippen LogP contribution in [0.1, 0.15) is 252 Å². The van der Waals surface area contributed by atoms with Crippen molar-refractivity contribution in [2.75, 3.05) is 33.0 Å². The Hall–Kier alpha value is -3.02. The number of ether oxygens (including phenoxy) is 8. The summed E-state index contributed by atoms with van der Waals surface area (Å²) < 4.78 is 48.2. The van der Waals surface area contributed by atoms with Gasteiger partial charge in [0.05, 0.1) is 63.4 Å². The fourth-order valence-corrected chi connectivity index (χ4v) is 13.9. The number of amides is 2. The van der Waals surface area contributed by atoms with E-state index in [-0.39, 0.29) is 12.3 Å². The number of carbonyl (C=O) groups excluding carboxylic acids is 3. The van der Waals surface area contributed by atoms with E-state index >= 15 is 0 Å². The Bertz CT molecular complexity index is 2260. The molecule has 101 heavy (non-hydrogen) atoms. The number of carboxylic acids is 1. The third kappa shape index (κ3) is 31.0. The summed E-state index contributed by atoms with van der Waals surface area (Å²) in [5.41, 5.74) is 0. The van der Waals surface area contributed by atoms with E-state index in [1.807, 2.05) is 6.08 Å². The Morgan fingerprint density at radius 3 is 1.49 bits per heavy atom. The van der Waals surface area contributed by atoms with Gasteiger partial charge >= 0.3 is 5.97 Å². The number of ketones is 1. The number of aliphatic hydroxyl groups is 13. The fourth-order valence-electron chi connectivity index (χ4n) is 13.9. The number of Topliss-reactive ketones (excluding diaryl/α,β-unsaturated/α-hetero) is 1. The summed E-state index contributed by atoms with van der Waals surface area (Å²) in [7, 11) is 0. The van der Waals surface area contributed by atoms with Gasteiger partial charge in [0.1, 0.15) is 85.1 Å². The van der Waals surface area contributed by atoms with Crippen LogP contribution in [-0.2, 0) is 57.1 Å². The van der Waals surface area contributed by atoms with Gasteiger partial charge in [-0.05, 0) is 26.2 Å². The van der Waals surface area contributed by atoms with Crippen LogP contribution in [0.2, 0.25) is 0 Å². The molecule has 0 radical (unpaired) electrons. The van der Waals surface area contributed by atoms with Crippen molar-refractivity contribution in [3.05, 3.63) is 12.2 Å². The van der Waals surface area contributed by atoms with E-state index in [0.29, 0.717) is 12.8 Å². The predicted octanol–water partition coefficient (Wildman–Crippen LogP) is 4.17. The summed E-state index contributed by atoms with van der Waals surface area (Å²) in [6, 6.07) is -2.79. The zero-order valence-corrected chi connectivity index (χ0v) is 60.8. The average Bonchev–Trinajstić information content (AvgIpc) is 0.754. The Balaban J connectivity index is 1.49. The van der Waals surface area contributed by atoms with Crippen LogP contribution in [0.5, 0.6) is 0 Å². The van der Waals surface area contributed by atoms with Crippen molar-refractivity contribution < 1.29 is 129 Å². The van der Waals surface area contributed by atoms with Crippen LogP contribution in [0.3, 0.4) is 0 Å². The zero-order chi connectivity index (χ0) is 74.3. The minimum Gasteiger partial charge on any atom is -0.477 e. The fraction of sp³-hybridized carbons (Fsp3) is 0.918. The average molecular weight is 1450 g/mol. The Labute approximate surface area is 598 Å². The zero-order valence-electron chi connectivity index (χ0n) is 60.8. The molecule has 2 amide bonds. The molecule has 4 aliphatic heterocycles. The molecule has 4 aliphatic rings. The Morgan fingerprint density at radius 1 is 0.545 bits per heavy atom. The number of hydrogen-bond donors (Lipinski definition) is 16.